The molecule has 1 aliphatic carbocycles. The number of nitrogens with zero attached hydrogens (tertiary/aromatic N) is 1. The largest absolute Gasteiger partial charge is 0.496 e. The summed E-state index contributed by atoms with van der Waals surface area (Å²) in [6, 6.07) is 11.8. The number of aromatic amines is 1. The van der Waals surface area contributed by atoms with Crippen LogP contribution < -0.4 is 10.1 Å². The molecule has 1 amide bonds. The zero-order valence-corrected chi connectivity index (χ0v) is 21.6. The van der Waals surface area contributed by atoms with Crippen molar-refractivity contribution in [2.45, 2.75) is 65.2 Å². The fraction of sp³-hybridized carbons (Fsp3) is 0.448. The lowest BCUT2D eigenvalue weighted by Gasteiger charge is -2.35. The second-order valence-corrected chi connectivity index (χ2v) is 10.0. The minimum Gasteiger partial charge on any atom is -0.496 e. The standard InChI is InChI=1S/C29H35F2N3O2/c1-6-29(30,31)21-11-8-12-22(16-21)33-28(35)26-19(4)32-27(34-26)20-13-14-24(36-5)23(15-20)25-17(2)9-7-10-18(25)3/h8,11-18,25H,6-7,9-10H2,1-5H3,(H,32,34)(H,33,35). The maximum atomic E-state index is 14.1. The molecule has 2 unspecified atom stereocenters. The van der Waals surface area contributed by atoms with Crippen LogP contribution in [0.5, 0.6) is 5.75 Å². The van der Waals surface area contributed by atoms with Gasteiger partial charge in [-0.2, -0.15) is 0 Å². The van der Waals surface area contributed by atoms with E-state index in [2.05, 4.69) is 35.2 Å². The van der Waals surface area contributed by atoms with Gasteiger partial charge in [0, 0.05) is 28.9 Å². The second-order valence-electron chi connectivity index (χ2n) is 10.0. The quantitative estimate of drug-likeness (QED) is 0.353. The van der Waals surface area contributed by atoms with E-state index in [9.17, 15) is 13.6 Å². The molecule has 7 heteroatoms. The first-order valence-corrected chi connectivity index (χ1v) is 12.7. The van der Waals surface area contributed by atoms with Crippen molar-refractivity contribution in [1.29, 1.82) is 0 Å². The lowest BCUT2D eigenvalue weighted by atomic mass is 9.70. The molecule has 1 heterocycles. The molecule has 4 rings (SSSR count). The topological polar surface area (TPSA) is 67.0 Å². The van der Waals surface area contributed by atoms with Crippen molar-refractivity contribution in [2.75, 3.05) is 12.4 Å². The van der Waals surface area contributed by atoms with E-state index in [0.29, 0.717) is 35.0 Å². The van der Waals surface area contributed by atoms with Gasteiger partial charge in [-0.15, -0.1) is 0 Å². The molecule has 2 aromatic carbocycles. The minimum absolute atomic E-state index is 0.126. The molecular formula is C29H35F2N3O2. The number of aryl methyl sites for hydroxylation is 1. The van der Waals surface area contributed by atoms with Crippen molar-refractivity contribution in [3.8, 4) is 17.1 Å². The summed E-state index contributed by atoms with van der Waals surface area (Å²) >= 11 is 0. The van der Waals surface area contributed by atoms with E-state index < -0.39 is 11.8 Å². The number of hydrogen-bond donors (Lipinski definition) is 2. The van der Waals surface area contributed by atoms with Crippen LogP contribution >= 0.6 is 0 Å². The Labute approximate surface area is 211 Å². The maximum Gasteiger partial charge on any atom is 0.276 e. The summed E-state index contributed by atoms with van der Waals surface area (Å²) in [4.78, 5) is 20.8. The number of halogens is 2. The first-order chi connectivity index (χ1) is 17.1. The van der Waals surface area contributed by atoms with Crippen molar-refractivity contribution in [3.05, 3.63) is 65.0 Å². The van der Waals surface area contributed by atoms with Gasteiger partial charge < -0.3 is 15.0 Å². The van der Waals surface area contributed by atoms with Crippen LogP contribution in [0.25, 0.3) is 11.4 Å². The highest BCUT2D eigenvalue weighted by Crippen LogP contribution is 2.45. The first-order valence-electron chi connectivity index (χ1n) is 12.7. The Morgan fingerprint density at radius 2 is 1.89 bits per heavy atom. The van der Waals surface area contributed by atoms with Crippen LogP contribution in [0.3, 0.4) is 0 Å². The molecule has 0 radical (unpaired) electrons. The van der Waals surface area contributed by atoms with E-state index >= 15 is 0 Å². The number of imidazole rings is 1. The fourth-order valence-corrected chi connectivity index (χ4v) is 5.47. The van der Waals surface area contributed by atoms with Crippen LogP contribution in [0.1, 0.15) is 79.7 Å². The SMILES string of the molecule is CCC(F)(F)c1cccc(NC(=O)c2nc(-c3ccc(OC)c(C4C(C)CCCC4C)c3)[nH]c2C)c1. The van der Waals surface area contributed by atoms with Gasteiger partial charge in [0.05, 0.1) is 7.11 Å². The lowest BCUT2D eigenvalue weighted by molar-refractivity contribution is -0.00824. The number of H-pyrrole nitrogens is 1. The van der Waals surface area contributed by atoms with E-state index in [-0.39, 0.29) is 17.7 Å². The van der Waals surface area contributed by atoms with Crippen LogP contribution in [0.2, 0.25) is 0 Å². The van der Waals surface area contributed by atoms with Crippen LogP contribution in [0.4, 0.5) is 14.5 Å². The van der Waals surface area contributed by atoms with Crippen LogP contribution in [-0.4, -0.2) is 23.0 Å². The van der Waals surface area contributed by atoms with Crippen LogP contribution in [-0.2, 0) is 5.92 Å². The fourth-order valence-electron chi connectivity index (χ4n) is 5.47. The highest BCUT2D eigenvalue weighted by atomic mass is 19.3. The van der Waals surface area contributed by atoms with Gasteiger partial charge in [0.25, 0.3) is 11.8 Å². The molecule has 1 aliphatic rings. The molecule has 3 aromatic rings. The van der Waals surface area contributed by atoms with E-state index in [1.54, 1.807) is 20.1 Å². The highest BCUT2D eigenvalue weighted by Gasteiger charge is 2.32. The molecule has 0 spiro atoms. The number of hydrogen-bond acceptors (Lipinski definition) is 3. The summed E-state index contributed by atoms with van der Waals surface area (Å²) in [5.41, 5.74) is 3.07. The third-order valence-electron chi connectivity index (χ3n) is 7.49. The molecule has 36 heavy (non-hydrogen) atoms. The zero-order valence-electron chi connectivity index (χ0n) is 21.6. The molecule has 1 fully saturated rings. The number of methoxy groups -OCH3 is 1. The third-order valence-corrected chi connectivity index (χ3v) is 7.49. The number of alkyl halides is 2. The molecule has 2 N–H and O–H groups in total. The Morgan fingerprint density at radius 1 is 1.17 bits per heavy atom. The van der Waals surface area contributed by atoms with Gasteiger partial charge in [-0.25, -0.2) is 13.8 Å². The maximum absolute atomic E-state index is 14.1. The van der Waals surface area contributed by atoms with Gasteiger partial charge in [-0.3, -0.25) is 4.79 Å². The summed E-state index contributed by atoms with van der Waals surface area (Å²) < 4.78 is 33.9. The molecule has 2 atom stereocenters. The van der Waals surface area contributed by atoms with Gasteiger partial charge in [0.2, 0.25) is 0 Å². The molecule has 0 aliphatic heterocycles. The van der Waals surface area contributed by atoms with Gasteiger partial charge in [-0.05, 0) is 60.6 Å². The number of anilines is 1. The van der Waals surface area contributed by atoms with Gasteiger partial charge >= 0.3 is 0 Å². The molecule has 192 valence electrons. The summed E-state index contributed by atoms with van der Waals surface area (Å²) in [6.45, 7) is 7.82. The Hall–Kier alpha value is -3.22. The number of ether oxygens (including phenoxy) is 1. The molecular weight excluding hydrogens is 460 g/mol. The molecule has 5 nitrogen and oxygen atoms in total. The molecule has 0 bridgehead atoms. The summed E-state index contributed by atoms with van der Waals surface area (Å²) in [7, 11) is 1.70. The second kappa shape index (κ2) is 10.4. The number of carbonyl (C=O) groups excluding carboxylic acids is 1. The van der Waals surface area contributed by atoms with E-state index in [1.165, 1.54) is 49.9 Å². The van der Waals surface area contributed by atoms with Crippen molar-refractivity contribution in [2.24, 2.45) is 11.8 Å². The van der Waals surface area contributed by atoms with Crippen molar-refractivity contribution >= 4 is 11.6 Å². The van der Waals surface area contributed by atoms with Gasteiger partial charge in [-0.1, -0.05) is 52.2 Å². The number of rotatable bonds is 7. The predicted octanol–water partition coefficient (Wildman–Crippen LogP) is 7.69. The number of aromatic nitrogens is 2. The Morgan fingerprint density at radius 3 is 2.56 bits per heavy atom. The van der Waals surface area contributed by atoms with Crippen LogP contribution in [0, 0.1) is 18.8 Å². The third kappa shape index (κ3) is 5.15. The number of amides is 1. The van der Waals surface area contributed by atoms with Crippen LogP contribution in [0.15, 0.2) is 42.5 Å². The lowest BCUT2D eigenvalue weighted by Crippen LogP contribution is -2.23. The summed E-state index contributed by atoms with van der Waals surface area (Å²) in [5, 5.41) is 2.72. The zero-order chi connectivity index (χ0) is 26.0. The number of benzene rings is 2. The van der Waals surface area contributed by atoms with Crippen molar-refractivity contribution in [1.82, 2.24) is 9.97 Å². The smallest absolute Gasteiger partial charge is 0.276 e. The Kier molecular flexibility index (Phi) is 7.48. The Bertz CT molecular complexity index is 1230. The van der Waals surface area contributed by atoms with Gasteiger partial charge in [0.15, 0.2) is 0 Å². The number of carbonyl (C=O) groups is 1. The van der Waals surface area contributed by atoms with Crippen molar-refractivity contribution < 1.29 is 18.3 Å². The molecule has 1 aromatic heterocycles. The van der Waals surface area contributed by atoms with E-state index in [0.717, 1.165) is 11.3 Å². The van der Waals surface area contributed by atoms with E-state index in [4.69, 9.17) is 4.74 Å². The first kappa shape index (κ1) is 25.9. The minimum atomic E-state index is -2.95. The summed E-state index contributed by atoms with van der Waals surface area (Å²) in [5.74, 6) is -0.452. The average Bonchev–Trinajstić information content (AvgIpc) is 3.25. The average molecular weight is 496 g/mol. The molecule has 1 saturated carbocycles. The number of nitrogens with one attached hydrogen (secondary N) is 2. The monoisotopic (exact) mass is 495 g/mol. The normalized spacial score (nSPS) is 20.2. The Balaban J connectivity index is 1.62. The highest BCUT2D eigenvalue weighted by molar-refractivity contribution is 6.04. The summed E-state index contributed by atoms with van der Waals surface area (Å²) in [6.07, 6.45) is 3.32. The van der Waals surface area contributed by atoms with Crippen molar-refractivity contribution in [3.63, 3.8) is 0 Å². The predicted molar refractivity (Wildman–Crippen MR) is 139 cm³/mol. The van der Waals surface area contributed by atoms with Gasteiger partial charge in [0.1, 0.15) is 17.3 Å². The molecule has 0 saturated heterocycles. The van der Waals surface area contributed by atoms with E-state index in [1.807, 2.05) is 12.1 Å².